The number of hydrogen-bond acceptors (Lipinski definition) is 4. The van der Waals surface area contributed by atoms with Gasteiger partial charge in [0.1, 0.15) is 0 Å². The molecule has 0 unspecified atom stereocenters. The molecule has 1 saturated heterocycles. The van der Waals surface area contributed by atoms with Gasteiger partial charge in [-0.15, -0.1) is 0 Å². The largest absolute Gasteiger partial charge is 0.343 e. The summed E-state index contributed by atoms with van der Waals surface area (Å²) in [4.78, 5) is 28.0. The average molecular weight is 326 g/mol. The number of hydrogen-bond donors (Lipinski definition) is 0. The fraction of sp³-hybridized carbons (Fsp3) is 0.444. The van der Waals surface area contributed by atoms with Crippen molar-refractivity contribution in [3.05, 3.63) is 48.3 Å². The maximum Gasteiger partial charge on any atom is 0.222 e. The first kappa shape index (κ1) is 16.4. The lowest BCUT2D eigenvalue weighted by Gasteiger charge is -2.31. The third-order valence-electron chi connectivity index (χ3n) is 4.47. The van der Waals surface area contributed by atoms with Gasteiger partial charge >= 0.3 is 0 Å². The number of amides is 1. The smallest absolute Gasteiger partial charge is 0.222 e. The molecule has 2 heterocycles. The van der Waals surface area contributed by atoms with Crippen molar-refractivity contribution in [1.82, 2.24) is 19.9 Å². The van der Waals surface area contributed by atoms with Crippen molar-refractivity contribution in [3.8, 4) is 0 Å². The van der Waals surface area contributed by atoms with Gasteiger partial charge < -0.3 is 4.90 Å². The van der Waals surface area contributed by atoms with Crippen LogP contribution in [-0.2, 0) is 4.79 Å². The maximum absolute atomic E-state index is 12.3. The normalized spacial score (nSPS) is 15.4. The number of rotatable bonds is 6. The van der Waals surface area contributed by atoms with E-state index in [1.54, 1.807) is 17.2 Å². The first-order chi connectivity index (χ1) is 11.7. The van der Waals surface area contributed by atoms with E-state index in [4.69, 9.17) is 0 Å². The lowest BCUT2D eigenvalue weighted by Crippen LogP contribution is -2.39. The Morgan fingerprint density at radius 3 is 2.33 bits per heavy atom. The molecule has 6 heteroatoms. The Hall–Kier alpha value is -2.50. The van der Waals surface area contributed by atoms with E-state index in [1.807, 2.05) is 35.2 Å². The SMILES string of the molecule is O=C(CCCC(=O)N1CCC(n2nccn2)CC1)c1ccccc1. The maximum atomic E-state index is 12.3. The Morgan fingerprint density at radius 1 is 1.00 bits per heavy atom. The Labute approximate surface area is 141 Å². The Kier molecular flexibility index (Phi) is 5.36. The molecule has 1 aromatic carbocycles. The number of aromatic nitrogens is 3. The molecule has 0 spiro atoms. The Morgan fingerprint density at radius 2 is 1.67 bits per heavy atom. The lowest BCUT2D eigenvalue weighted by molar-refractivity contribution is -0.132. The topological polar surface area (TPSA) is 68.1 Å². The summed E-state index contributed by atoms with van der Waals surface area (Å²) in [7, 11) is 0. The van der Waals surface area contributed by atoms with Crippen molar-refractivity contribution < 1.29 is 9.59 Å². The molecule has 0 saturated carbocycles. The number of Topliss-reactive ketones (excluding diaryl/α,β-unsaturated/α-hetero) is 1. The number of ketones is 1. The summed E-state index contributed by atoms with van der Waals surface area (Å²) in [6.07, 6.45) is 6.58. The molecule has 3 rings (SSSR count). The van der Waals surface area contributed by atoms with Crippen LogP contribution < -0.4 is 0 Å². The van der Waals surface area contributed by atoms with E-state index in [0.717, 1.165) is 31.5 Å². The summed E-state index contributed by atoms with van der Waals surface area (Å²) < 4.78 is 0. The molecule has 1 fully saturated rings. The van der Waals surface area contributed by atoms with Crippen LogP contribution in [0.5, 0.6) is 0 Å². The monoisotopic (exact) mass is 326 g/mol. The number of likely N-dealkylation sites (tertiary alicyclic amines) is 1. The highest BCUT2D eigenvalue weighted by atomic mass is 16.2. The lowest BCUT2D eigenvalue weighted by atomic mass is 10.0. The number of carbonyl (C=O) groups is 2. The second kappa shape index (κ2) is 7.86. The van der Waals surface area contributed by atoms with E-state index >= 15 is 0 Å². The zero-order valence-corrected chi connectivity index (χ0v) is 13.7. The van der Waals surface area contributed by atoms with E-state index in [0.29, 0.717) is 19.3 Å². The van der Waals surface area contributed by atoms with Gasteiger partial charge in [-0.1, -0.05) is 30.3 Å². The van der Waals surface area contributed by atoms with E-state index in [2.05, 4.69) is 10.2 Å². The zero-order chi connectivity index (χ0) is 16.8. The molecular formula is C18H22N4O2. The fourth-order valence-corrected chi connectivity index (χ4v) is 3.09. The van der Waals surface area contributed by atoms with Gasteiger partial charge in [-0.25, -0.2) is 0 Å². The molecule has 24 heavy (non-hydrogen) atoms. The van der Waals surface area contributed by atoms with Crippen molar-refractivity contribution in [1.29, 1.82) is 0 Å². The van der Waals surface area contributed by atoms with Crippen LogP contribution in [-0.4, -0.2) is 44.7 Å². The minimum absolute atomic E-state index is 0.104. The van der Waals surface area contributed by atoms with Crippen LogP contribution in [0.3, 0.4) is 0 Å². The van der Waals surface area contributed by atoms with Crippen molar-refractivity contribution in [3.63, 3.8) is 0 Å². The van der Waals surface area contributed by atoms with Crippen LogP contribution in [0.25, 0.3) is 0 Å². The van der Waals surface area contributed by atoms with Gasteiger partial charge in [0, 0.05) is 31.5 Å². The molecule has 0 bridgehead atoms. The number of benzene rings is 1. The van der Waals surface area contributed by atoms with Crippen LogP contribution in [0.2, 0.25) is 0 Å². The highest BCUT2D eigenvalue weighted by Gasteiger charge is 2.24. The summed E-state index contributed by atoms with van der Waals surface area (Å²) in [6, 6.07) is 9.52. The molecule has 0 atom stereocenters. The predicted octanol–water partition coefficient (Wildman–Crippen LogP) is 2.49. The summed E-state index contributed by atoms with van der Waals surface area (Å²) in [6.45, 7) is 1.47. The zero-order valence-electron chi connectivity index (χ0n) is 13.7. The van der Waals surface area contributed by atoms with E-state index < -0.39 is 0 Å². The number of carbonyl (C=O) groups excluding carboxylic acids is 2. The molecule has 126 valence electrons. The van der Waals surface area contributed by atoms with Crippen LogP contribution in [0.4, 0.5) is 0 Å². The van der Waals surface area contributed by atoms with Crippen LogP contribution in [0.15, 0.2) is 42.7 Å². The average Bonchev–Trinajstić information content (AvgIpc) is 3.17. The van der Waals surface area contributed by atoms with Gasteiger partial charge in [0.05, 0.1) is 18.4 Å². The third-order valence-corrected chi connectivity index (χ3v) is 4.47. The summed E-state index contributed by atoms with van der Waals surface area (Å²) in [5.41, 5.74) is 0.720. The van der Waals surface area contributed by atoms with E-state index in [-0.39, 0.29) is 17.7 Å². The van der Waals surface area contributed by atoms with Crippen molar-refractivity contribution >= 4 is 11.7 Å². The quantitative estimate of drug-likeness (QED) is 0.765. The molecular weight excluding hydrogens is 304 g/mol. The molecule has 6 nitrogen and oxygen atoms in total. The summed E-state index contributed by atoms with van der Waals surface area (Å²) in [5, 5.41) is 8.34. The Bertz CT molecular complexity index is 662. The summed E-state index contributed by atoms with van der Waals surface area (Å²) >= 11 is 0. The number of nitrogens with zero attached hydrogens (tertiary/aromatic N) is 4. The van der Waals surface area contributed by atoms with Gasteiger partial charge in [-0.3, -0.25) is 9.59 Å². The second-order valence-electron chi connectivity index (χ2n) is 6.10. The van der Waals surface area contributed by atoms with Crippen molar-refractivity contribution in [2.75, 3.05) is 13.1 Å². The highest BCUT2D eigenvalue weighted by Crippen LogP contribution is 2.21. The Balaban J connectivity index is 1.39. The fourth-order valence-electron chi connectivity index (χ4n) is 3.09. The van der Waals surface area contributed by atoms with Gasteiger partial charge in [-0.2, -0.15) is 15.0 Å². The third kappa shape index (κ3) is 4.07. The van der Waals surface area contributed by atoms with Gasteiger partial charge in [-0.05, 0) is 19.3 Å². The summed E-state index contributed by atoms with van der Waals surface area (Å²) in [5.74, 6) is 0.245. The highest BCUT2D eigenvalue weighted by molar-refractivity contribution is 5.96. The molecule has 0 radical (unpaired) electrons. The van der Waals surface area contributed by atoms with Gasteiger partial charge in [0.2, 0.25) is 5.91 Å². The number of piperidine rings is 1. The molecule has 0 aliphatic carbocycles. The van der Waals surface area contributed by atoms with Crippen LogP contribution in [0.1, 0.15) is 48.5 Å². The molecule has 1 aliphatic heterocycles. The molecule has 0 N–H and O–H groups in total. The second-order valence-corrected chi connectivity index (χ2v) is 6.10. The minimum Gasteiger partial charge on any atom is -0.343 e. The van der Waals surface area contributed by atoms with Crippen LogP contribution >= 0.6 is 0 Å². The van der Waals surface area contributed by atoms with Gasteiger partial charge in [0.15, 0.2) is 5.78 Å². The van der Waals surface area contributed by atoms with Gasteiger partial charge in [0.25, 0.3) is 0 Å². The molecule has 2 aromatic rings. The first-order valence-electron chi connectivity index (χ1n) is 8.46. The molecule has 1 aliphatic rings. The van der Waals surface area contributed by atoms with Crippen molar-refractivity contribution in [2.24, 2.45) is 0 Å². The van der Waals surface area contributed by atoms with Crippen LogP contribution in [0, 0.1) is 0 Å². The van der Waals surface area contributed by atoms with E-state index in [1.165, 1.54) is 0 Å². The first-order valence-corrected chi connectivity index (χ1v) is 8.46. The minimum atomic E-state index is 0.104. The van der Waals surface area contributed by atoms with Crippen molar-refractivity contribution in [2.45, 2.75) is 38.1 Å². The standard InChI is InChI=1S/C18H22N4O2/c23-17(15-5-2-1-3-6-15)7-4-8-18(24)21-13-9-16(10-14-21)22-19-11-12-20-22/h1-3,5-6,11-12,16H,4,7-10,13-14H2. The van der Waals surface area contributed by atoms with E-state index in [9.17, 15) is 9.59 Å². The predicted molar refractivity (Wildman–Crippen MR) is 89.5 cm³/mol. The molecule has 1 aromatic heterocycles. The molecule has 1 amide bonds.